The van der Waals surface area contributed by atoms with E-state index in [4.69, 9.17) is 5.41 Å². The van der Waals surface area contributed by atoms with Gasteiger partial charge >= 0.3 is 6.01 Å². The topological polar surface area (TPSA) is 30.1 Å². The first-order chi connectivity index (χ1) is 9.80. The molecule has 0 unspecified atom stereocenters. The third kappa shape index (κ3) is 3.71. The summed E-state index contributed by atoms with van der Waals surface area (Å²) < 4.78 is 2.29. The molecule has 20 heavy (non-hydrogen) atoms. The summed E-state index contributed by atoms with van der Waals surface area (Å²) >= 11 is 0. The minimum Gasteiger partial charge on any atom is -0.301 e. The van der Waals surface area contributed by atoms with Gasteiger partial charge in [-0.05, 0) is 64.5 Å². The number of hydrogen-bond donors (Lipinski definition) is 1. The summed E-state index contributed by atoms with van der Waals surface area (Å²) in [6.45, 7) is 6.90. The van der Waals surface area contributed by atoms with Crippen LogP contribution in [-0.2, 0) is 0 Å². The highest BCUT2D eigenvalue weighted by atomic mass is 15.2. The standard InChI is InChI=1S/C17H32N3/c1-3-19(4-2)15-10-12-17(13-11-15)20(14-18)16-8-6-5-7-9-16/h15-18H,3-13H2,1-2H3/q+1. The van der Waals surface area contributed by atoms with E-state index in [0.717, 1.165) is 6.04 Å². The SMILES string of the molecule is CCN(CC)C1CCC([N+](=C=N)C2CCCCC2)CC1. The van der Waals surface area contributed by atoms with Crippen molar-refractivity contribution in [3.05, 3.63) is 0 Å². The fourth-order valence-electron chi connectivity index (χ4n) is 4.28. The Labute approximate surface area is 124 Å². The Hall–Kier alpha value is -0.660. The molecule has 2 saturated carbocycles. The van der Waals surface area contributed by atoms with Crippen LogP contribution in [0.15, 0.2) is 0 Å². The van der Waals surface area contributed by atoms with E-state index in [2.05, 4.69) is 29.3 Å². The van der Waals surface area contributed by atoms with Crippen LogP contribution < -0.4 is 0 Å². The van der Waals surface area contributed by atoms with Crippen LogP contribution in [0.4, 0.5) is 0 Å². The van der Waals surface area contributed by atoms with Crippen LogP contribution in [0.5, 0.6) is 0 Å². The van der Waals surface area contributed by atoms with Crippen LogP contribution in [0.1, 0.15) is 71.6 Å². The highest BCUT2D eigenvalue weighted by Crippen LogP contribution is 2.28. The molecule has 2 rings (SSSR count). The van der Waals surface area contributed by atoms with E-state index in [0.29, 0.717) is 12.1 Å². The summed E-state index contributed by atoms with van der Waals surface area (Å²) in [4.78, 5) is 2.61. The summed E-state index contributed by atoms with van der Waals surface area (Å²) in [5.74, 6) is 0. The number of rotatable bonds is 5. The molecule has 0 aromatic rings. The van der Waals surface area contributed by atoms with Gasteiger partial charge in [-0.25, -0.2) is 4.58 Å². The lowest BCUT2D eigenvalue weighted by Gasteiger charge is -2.36. The fourth-order valence-corrected chi connectivity index (χ4v) is 4.28. The van der Waals surface area contributed by atoms with Crippen LogP contribution in [0.25, 0.3) is 0 Å². The van der Waals surface area contributed by atoms with Crippen LogP contribution in [0.3, 0.4) is 0 Å². The second-order valence-corrected chi connectivity index (χ2v) is 6.49. The second kappa shape index (κ2) is 7.95. The Morgan fingerprint density at radius 3 is 1.95 bits per heavy atom. The van der Waals surface area contributed by atoms with Gasteiger partial charge in [-0.2, -0.15) is 0 Å². The molecule has 0 bridgehead atoms. The lowest BCUT2D eigenvalue weighted by atomic mass is 9.87. The molecular formula is C17H32N3+. The van der Waals surface area contributed by atoms with Crippen molar-refractivity contribution in [2.24, 2.45) is 0 Å². The van der Waals surface area contributed by atoms with Gasteiger partial charge in [0.25, 0.3) is 0 Å². The molecule has 2 aliphatic carbocycles. The minimum absolute atomic E-state index is 0.586. The first kappa shape index (κ1) is 15.7. The van der Waals surface area contributed by atoms with Crippen LogP contribution in [-0.4, -0.2) is 46.7 Å². The normalized spacial score (nSPS) is 28.4. The predicted molar refractivity (Wildman–Crippen MR) is 83.8 cm³/mol. The van der Waals surface area contributed by atoms with Gasteiger partial charge in [-0.3, -0.25) is 0 Å². The van der Waals surface area contributed by atoms with Gasteiger partial charge in [0.2, 0.25) is 0 Å². The number of nitrogens with zero attached hydrogens (tertiary/aromatic N) is 2. The summed E-state index contributed by atoms with van der Waals surface area (Å²) in [7, 11) is 0. The molecule has 3 nitrogen and oxygen atoms in total. The van der Waals surface area contributed by atoms with Crippen LogP contribution >= 0.6 is 0 Å². The van der Waals surface area contributed by atoms with E-state index in [-0.39, 0.29) is 0 Å². The molecule has 0 aromatic carbocycles. The quantitative estimate of drug-likeness (QED) is 0.602. The Morgan fingerprint density at radius 1 is 0.900 bits per heavy atom. The zero-order valence-corrected chi connectivity index (χ0v) is 13.4. The van der Waals surface area contributed by atoms with Crippen molar-refractivity contribution in [1.29, 1.82) is 5.41 Å². The summed E-state index contributed by atoms with van der Waals surface area (Å²) in [5.41, 5.74) is 0. The van der Waals surface area contributed by atoms with Crippen molar-refractivity contribution in [1.82, 2.24) is 4.90 Å². The fraction of sp³-hybridized carbons (Fsp3) is 0.941. The Morgan fingerprint density at radius 2 is 1.45 bits per heavy atom. The zero-order valence-electron chi connectivity index (χ0n) is 13.4. The highest BCUT2D eigenvalue weighted by Gasteiger charge is 2.32. The Kier molecular flexibility index (Phi) is 6.25. The molecule has 2 aliphatic rings. The molecular weight excluding hydrogens is 246 g/mol. The van der Waals surface area contributed by atoms with Crippen molar-refractivity contribution >= 4 is 6.01 Å². The van der Waals surface area contributed by atoms with E-state index in [1.165, 1.54) is 70.9 Å². The molecule has 3 heteroatoms. The van der Waals surface area contributed by atoms with Gasteiger partial charge in [0.15, 0.2) is 0 Å². The molecule has 0 aromatic heterocycles. The highest BCUT2D eigenvalue weighted by molar-refractivity contribution is 5.28. The smallest absolute Gasteiger partial charge is 0.301 e. The monoisotopic (exact) mass is 278 g/mol. The minimum atomic E-state index is 0.586. The van der Waals surface area contributed by atoms with Crippen molar-refractivity contribution < 1.29 is 4.58 Å². The zero-order chi connectivity index (χ0) is 14.4. The van der Waals surface area contributed by atoms with Gasteiger partial charge in [0, 0.05) is 6.04 Å². The molecule has 2 fully saturated rings. The molecule has 0 spiro atoms. The summed E-state index contributed by atoms with van der Waals surface area (Å²) in [5, 5.41) is 7.71. The Bertz CT molecular complexity index is 328. The molecule has 0 radical (unpaired) electrons. The van der Waals surface area contributed by atoms with E-state index in [1.54, 1.807) is 0 Å². The maximum Gasteiger partial charge on any atom is 0.304 e. The average molecular weight is 278 g/mol. The van der Waals surface area contributed by atoms with Crippen LogP contribution in [0.2, 0.25) is 0 Å². The molecule has 114 valence electrons. The van der Waals surface area contributed by atoms with Gasteiger partial charge in [0.1, 0.15) is 12.1 Å². The summed E-state index contributed by atoms with van der Waals surface area (Å²) in [6.07, 6.45) is 11.7. The van der Waals surface area contributed by atoms with Crippen LogP contribution in [0, 0.1) is 5.41 Å². The largest absolute Gasteiger partial charge is 0.304 e. The number of hydrogen-bond acceptors (Lipinski definition) is 2. The van der Waals surface area contributed by atoms with Gasteiger partial charge in [0.05, 0.1) is 0 Å². The van der Waals surface area contributed by atoms with E-state index >= 15 is 0 Å². The maximum atomic E-state index is 7.71. The first-order valence-corrected chi connectivity index (χ1v) is 8.74. The average Bonchev–Trinajstić information content (AvgIpc) is 2.52. The Balaban J connectivity index is 1.90. The van der Waals surface area contributed by atoms with E-state index in [9.17, 15) is 0 Å². The molecule has 1 N–H and O–H groups in total. The van der Waals surface area contributed by atoms with E-state index < -0.39 is 0 Å². The molecule has 0 aliphatic heterocycles. The molecule has 0 amide bonds. The third-order valence-corrected chi connectivity index (χ3v) is 5.49. The molecule has 0 heterocycles. The van der Waals surface area contributed by atoms with Gasteiger partial charge in [-0.15, -0.1) is 0 Å². The van der Waals surface area contributed by atoms with Crippen molar-refractivity contribution in [2.75, 3.05) is 13.1 Å². The third-order valence-electron chi connectivity index (χ3n) is 5.49. The lowest BCUT2D eigenvalue weighted by molar-refractivity contribution is -0.603. The predicted octanol–water partition coefficient (Wildman–Crippen LogP) is 3.74. The number of nitrogens with one attached hydrogen (secondary N) is 1. The van der Waals surface area contributed by atoms with Gasteiger partial charge in [-0.1, -0.05) is 25.7 Å². The first-order valence-electron chi connectivity index (χ1n) is 8.74. The van der Waals surface area contributed by atoms with Crippen molar-refractivity contribution in [2.45, 2.75) is 89.8 Å². The molecule has 0 saturated heterocycles. The maximum absolute atomic E-state index is 7.71. The summed E-state index contributed by atoms with van der Waals surface area (Å²) in [6, 6.07) is 4.75. The second-order valence-electron chi connectivity index (χ2n) is 6.49. The van der Waals surface area contributed by atoms with Crippen molar-refractivity contribution in [3.8, 4) is 0 Å². The van der Waals surface area contributed by atoms with Crippen molar-refractivity contribution in [3.63, 3.8) is 0 Å². The molecule has 0 atom stereocenters. The van der Waals surface area contributed by atoms with E-state index in [1.807, 2.05) is 0 Å². The van der Waals surface area contributed by atoms with Gasteiger partial charge < -0.3 is 4.90 Å². The lowest BCUT2D eigenvalue weighted by Crippen LogP contribution is -2.43.